The standard InChI is InChI=1S/C18H21NO2/c1-13(18(20)19-16-8-4-5-9-16)21-17-11-10-14-6-2-3-7-15(14)12-17/h2-3,6-7,10-13,16H,4-5,8-9H2,1H3,(H,19,20). The highest BCUT2D eigenvalue weighted by Crippen LogP contribution is 2.22. The van der Waals surface area contributed by atoms with E-state index < -0.39 is 6.10 Å². The van der Waals surface area contributed by atoms with E-state index in [0.29, 0.717) is 6.04 Å². The van der Waals surface area contributed by atoms with E-state index in [4.69, 9.17) is 4.74 Å². The van der Waals surface area contributed by atoms with Crippen LogP contribution in [0.2, 0.25) is 0 Å². The Bertz CT molecular complexity index is 632. The number of rotatable bonds is 4. The van der Waals surface area contributed by atoms with Crippen molar-refractivity contribution in [1.29, 1.82) is 0 Å². The molecule has 0 radical (unpaired) electrons. The zero-order valence-corrected chi connectivity index (χ0v) is 12.3. The maximum atomic E-state index is 12.1. The van der Waals surface area contributed by atoms with Crippen LogP contribution in [0.4, 0.5) is 0 Å². The molecule has 0 spiro atoms. The van der Waals surface area contributed by atoms with E-state index in [-0.39, 0.29) is 5.91 Å². The van der Waals surface area contributed by atoms with Crippen LogP contribution in [0.15, 0.2) is 42.5 Å². The summed E-state index contributed by atoms with van der Waals surface area (Å²) < 4.78 is 5.78. The van der Waals surface area contributed by atoms with Gasteiger partial charge in [0, 0.05) is 6.04 Å². The Morgan fingerprint density at radius 2 is 1.86 bits per heavy atom. The molecule has 2 aromatic carbocycles. The van der Waals surface area contributed by atoms with E-state index in [9.17, 15) is 4.79 Å². The number of nitrogens with one attached hydrogen (secondary N) is 1. The Hall–Kier alpha value is -2.03. The molecule has 1 atom stereocenters. The first-order valence-corrected chi connectivity index (χ1v) is 7.68. The lowest BCUT2D eigenvalue weighted by molar-refractivity contribution is -0.127. The Morgan fingerprint density at radius 1 is 1.14 bits per heavy atom. The number of hydrogen-bond acceptors (Lipinski definition) is 2. The minimum atomic E-state index is -0.466. The molecule has 3 rings (SSSR count). The Morgan fingerprint density at radius 3 is 2.62 bits per heavy atom. The lowest BCUT2D eigenvalue weighted by Crippen LogP contribution is -2.41. The summed E-state index contributed by atoms with van der Waals surface area (Å²) in [5, 5.41) is 5.37. The van der Waals surface area contributed by atoms with Crippen molar-refractivity contribution in [3.8, 4) is 5.75 Å². The van der Waals surface area contributed by atoms with Crippen molar-refractivity contribution >= 4 is 16.7 Å². The van der Waals surface area contributed by atoms with Gasteiger partial charge in [-0.25, -0.2) is 0 Å². The largest absolute Gasteiger partial charge is 0.481 e. The maximum absolute atomic E-state index is 12.1. The molecule has 1 amide bonds. The summed E-state index contributed by atoms with van der Waals surface area (Å²) in [5.74, 6) is 0.720. The second kappa shape index (κ2) is 6.17. The fourth-order valence-electron chi connectivity index (χ4n) is 2.89. The van der Waals surface area contributed by atoms with Gasteiger partial charge in [0.1, 0.15) is 5.75 Å². The third kappa shape index (κ3) is 3.35. The van der Waals surface area contributed by atoms with Gasteiger partial charge in [-0.1, -0.05) is 43.2 Å². The highest BCUT2D eigenvalue weighted by atomic mass is 16.5. The molecule has 0 heterocycles. The quantitative estimate of drug-likeness (QED) is 0.929. The average Bonchev–Trinajstić information content (AvgIpc) is 3.00. The number of carbonyl (C=O) groups excluding carboxylic acids is 1. The van der Waals surface area contributed by atoms with Gasteiger partial charge in [-0.05, 0) is 42.7 Å². The minimum absolute atomic E-state index is 0.0185. The van der Waals surface area contributed by atoms with Gasteiger partial charge >= 0.3 is 0 Å². The minimum Gasteiger partial charge on any atom is -0.481 e. The number of ether oxygens (including phenoxy) is 1. The molecular formula is C18H21NO2. The molecule has 3 heteroatoms. The molecule has 21 heavy (non-hydrogen) atoms. The Labute approximate surface area is 125 Å². The number of fused-ring (bicyclic) bond motifs is 1. The summed E-state index contributed by atoms with van der Waals surface area (Å²) >= 11 is 0. The van der Waals surface area contributed by atoms with Crippen molar-refractivity contribution in [1.82, 2.24) is 5.32 Å². The number of benzene rings is 2. The Balaban J connectivity index is 1.64. The molecule has 1 fully saturated rings. The van der Waals surface area contributed by atoms with Crippen molar-refractivity contribution in [3.05, 3.63) is 42.5 Å². The van der Waals surface area contributed by atoms with Gasteiger partial charge in [-0.3, -0.25) is 4.79 Å². The third-order valence-corrected chi connectivity index (χ3v) is 4.10. The molecule has 1 saturated carbocycles. The summed E-state index contributed by atoms with van der Waals surface area (Å²) in [6.07, 6.45) is 4.14. The van der Waals surface area contributed by atoms with Crippen molar-refractivity contribution < 1.29 is 9.53 Å². The zero-order valence-electron chi connectivity index (χ0n) is 12.3. The van der Waals surface area contributed by atoms with Crippen LogP contribution in [0.1, 0.15) is 32.6 Å². The number of hydrogen-bond donors (Lipinski definition) is 1. The van der Waals surface area contributed by atoms with Crippen molar-refractivity contribution in [3.63, 3.8) is 0 Å². The first-order chi connectivity index (χ1) is 10.2. The van der Waals surface area contributed by atoms with Crippen LogP contribution in [0.3, 0.4) is 0 Å². The molecule has 1 N–H and O–H groups in total. The topological polar surface area (TPSA) is 38.3 Å². The van der Waals surface area contributed by atoms with Gasteiger partial charge in [0.2, 0.25) is 0 Å². The molecule has 0 aliphatic heterocycles. The van der Waals surface area contributed by atoms with Crippen LogP contribution in [0.5, 0.6) is 5.75 Å². The summed E-state index contributed by atoms with van der Waals surface area (Å²) in [6, 6.07) is 14.4. The molecule has 1 unspecified atom stereocenters. The van der Waals surface area contributed by atoms with Crippen LogP contribution in [0.25, 0.3) is 10.8 Å². The van der Waals surface area contributed by atoms with Gasteiger partial charge in [0.05, 0.1) is 0 Å². The Kier molecular flexibility index (Phi) is 4.09. The molecule has 1 aliphatic rings. The predicted molar refractivity (Wildman–Crippen MR) is 84.4 cm³/mol. The molecule has 0 saturated heterocycles. The fraction of sp³-hybridized carbons (Fsp3) is 0.389. The molecule has 0 aromatic heterocycles. The van der Waals surface area contributed by atoms with Crippen molar-refractivity contribution in [2.75, 3.05) is 0 Å². The van der Waals surface area contributed by atoms with E-state index in [0.717, 1.165) is 24.0 Å². The second-order valence-electron chi connectivity index (χ2n) is 5.76. The second-order valence-corrected chi connectivity index (χ2v) is 5.76. The van der Waals surface area contributed by atoms with Crippen LogP contribution in [-0.2, 0) is 4.79 Å². The van der Waals surface area contributed by atoms with Crippen LogP contribution >= 0.6 is 0 Å². The first kappa shape index (κ1) is 13.9. The third-order valence-electron chi connectivity index (χ3n) is 4.10. The van der Waals surface area contributed by atoms with Gasteiger partial charge < -0.3 is 10.1 Å². The van der Waals surface area contributed by atoms with Gasteiger partial charge in [-0.15, -0.1) is 0 Å². The molecule has 110 valence electrons. The molecule has 3 nitrogen and oxygen atoms in total. The van der Waals surface area contributed by atoms with E-state index in [1.807, 2.05) is 36.4 Å². The summed E-state index contributed by atoms with van der Waals surface area (Å²) in [4.78, 5) is 12.1. The normalized spacial score (nSPS) is 16.8. The highest BCUT2D eigenvalue weighted by molar-refractivity contribution is 5.84. The van der Waals surface area contributed by atoms with E-state index in [1.165, 1.54) is 18.2 Å². The average molecular weight is 283 g/mol. The van der Waals surface area contributed by atoms with Crippen LogP contribution in [-0.4, -0.2) is 18.1 Å². The fourth-order valence-corrected chi connectivity index (χ4v) is 2.89. The first-order valence-electron chi connectivity index (χ1n) is 7.68. The van der Waals surface area contributed by atoms with Gasteiger partial charge in [-0.2, -0.15) is 0 Å². The van der Waals surface area contributed by atoms with Crippen LogP contribution < -0.4 is 10.1 Å². The lowest BCUT2D eigenvalue weighted by Gasteiger charge is -2.18. The maximum Gasteiger partial charge on any atom is 0.260 e. The van der Waals surface area contributed by atoms with Crippen molar-refractivity contribution in [2.24, 2.45) is 0 Å². The number of amides is 1. The van der Waals surface area contributed by atoms with E-state index >= 15 is 0 Å². The zero-order chi connectivity index (χ0) is 14.7. The highest BCUT2D eigenvalue weighted by Gasteiger charge is 2.21. The van der Waals surface area contributed by atoms with Gasteiger partial charge in [0.25, 0.3) is 5.91 Å². The van der Waals surface area contributed by atoms with Crippen molar-refractivity contribution in [2.45, 2.75) is 44.8 Å². The molecule has 0 bridgehead atoms. The monoisotopic (exact) mass is 283 g/mol. The summed E-state index contributed by atoms with van der Waals surface area (Å²) in [5.41, 5.74) is 0. The molecular weight excluding hydrogens is 262 g/mol. The SMILES string of the molecule is CC(Oc1ccc2ccccc2c1)C(=O)NC1CCCC1. The summed E-state index contributed by atoms with van der Waals surface area (Å²) in [6.45, 7) is 1.81. The number of carbonyl (C=O) groups is 1. The molecule has 2 aromatic rings. The van der Waals surface area contributed by atoms with Crippen LogP contribution in [0, 0.1) is 0 Å². The predicted octanol–water partition coefficient (Wildman–Crippen LogP) is 3.67. The van der Waals surface area contributed by atoms with E-state index in [1.54, 1.807) is 6.92 Å². The smallest absolute Gasteiger partial charge is 0.260 e. The van der Waals surface area contributed by atoms with Gasteiger partial charge in [0.15, 0.2) is 6.10 Å². The van der Waals surface area contributed by atoms with E-state index in [2.05, 4.69) is 11.4 Å². The lowest BCUT2D eigenvalue weighted by atomic mass is 10.1. The molecule has 1 aliphatic carbocycles. The summed E-state index contributed by atoms with van der Waals surface area (Å²) in [7, 11) is 0.